The van der Waals surface area contributed by atoms with Gasteiger partial charge in [-0.3, -0.25) is 4.98 Å². The van der Waals surface area contributed by atoms with E-state index in [1.165, 1.54) is 0 Å². The highest BCUT2D eigenvalue weighted by atomic mass is 16.5. The summed E-state index contributed by atoms with van der Waals surface area (Å²) in [4.78, 5) is 4.04. The molecule has 21 heavy (non-hydrogen) atoms. The molecule has 1 N–H and O–H groups in total. The van der Waals surface area contributed by atoms with Gasteiger partial charge < -0.3 is 14.4 Å². The van der Waals surface area contributed by atoms with Crippen LogP contribution in [0.1, 0.15) is 25.5 Å². The van der Waals surface area contributed by atoms with Crippen LogP contribution in [0.25, 0.3) is 10.9 Å². The lowest BCUT2D eigenvalue weighted by atomic mass is 10.2. The number of phenolic OH excluding ortho intramolecular Hbond substituents is 1. The lowest BCUT2D eigenvalue weighted by Crippen LogP contribution is -1.98. The van der Waals surface area contributed by atoms with Crippen molar-refractivity contribution in [3.8, 4) is 11.5 Å². The van der Waals surface area contributed by atoms with Gasteiger partial charge in [-0.1, -0.05) is 0 Å². The average Bonchev–Trinajstić information content (AvgIpc) is 2.84. The number of aromatic hydroxyl groups is 1. The summed E-state index contributed by atoms with van der Waals surface area (Å²) in [7, 11) is 0. The Hall–Kier alpha value is -2.49. The molecule has 4 nitrogen and oxygen atoms in total. The van der Waals surface area contributed by atoms with Crippen LogP contribution in [0, 0.1) is 0 Å². The van der Waals surface area contributed by atoms with Crippen LogP contribution in [0.5, 0.6) is 11.5 Å². The van der Waals surface area contributed by atoms with Crippen LogP contribution in [-0.2, 0) is 6.61 Å². The highest BCUT2D eigenvalue weighted by molar-refractivity contribution is 5.85. The van der Waals surface area contributed by atoms with Crippen LogP contribution in [-0.4, -0.2) is 14.7 Å². The molecular weight excluding hydrogens is 264 g/mol. The van der Waals surface area contributed by atoms with Crippen molar-refractivity contribution in [2.24, 2.45) is 0 Å². The minimum atomic E-state index is 0.270. The van der Waals surface area contributed by atoms with Crippen LogP contribution in [0.3, 0.4) is 0 Å². The van der Waals surface area contributed by atoms with Gasteiger partial charge in [-0.2, -0.15) is 0 Å². The standard InChI is InChI=1S/C17H18N2O2/c1-12(2)19-10-13(11-21-15-4-3-7-18-9-15)16-8-14(20)5-6-17(16)19/h3-10,12,20H,11H2,1-2H3. The molecule has 0 spiro atoms. The van der Waals surface area contributed by atoms with Crippen LogP contribution < -0.4 is 4.74 Å². The first-order valence-corrected chi connectivity index (χ1v) is 7.00. The van der Waals surface area contributed by atoms with Crippen molar-refractivity contribution in [3.05, 3.63) is 54.5 Å². The van der Waals surface area contributed by atoms with E-state index in [0.29, 0.717) is 12.6 Å². The minimum absolute atomic E-state index is 0.270. The molecule has 0 aliphatic heterocycles. The van der Waals surface area contributed by atoms with Gasteiger partial charge in [0, 0.05) is 34.9 Å². The van der Waals surface area contributed by atoms with Gasteiger partial charge in [-0.25, -0.2) is 0 Å². The van der Waals surface area contributed by atoms with Gasteiger partial charge in [0.2, 0.25) is 0 Å². The van der Waals surface area contributed by atoms with E-state index >= 15 is 0 Å². The molecule has 108 valence electrons. The predicted molar refractivity (Wildman–Crippen MR) is 82.6 cm³/mol. The van der Waals surface area contributed by atoms with Gasteiger partial charge >= 0.3 is 0 Å². The zero-order chi connectivity index (χ0) is 14.8. The number of fused-ring (bicyclic) bond motifs is 1. The Morgan fingerprint density at radius 1 is 1.29 bits per heavy atom. The molecule has 0 aliphatic carbocycles. The topological polar surface area (TPSA) is 47.3 Å². The molecule has 0 aliphatic rings. The van der Waals surface area contributed by atoms with Crippen molar-refractivity contribution < 1.29 is 9.84 Å². The lowest BCUT2D eigenvalue weighted by Gasteiger charge is -2.08. The van der Waals surface area contributed by atoms with Gasteiger partial charge in [0.1, 0.15) is 18.1 Å². The Balaban J connectivity index is 1.96. The molecule has 3 aromatic rings. The van der Waals surface area contributed by atoms with Crippen molar-refractivity contribution >= 4 is 10.9 Å². The number of benzene rings is 1. The van der Waals surface area contributed by atoms with Crippen LogP contribution in [0.2, 0.25) is 0 Å². The highest BCUT2D eigenvalue weighted by Gasteiger charge is 2.11. The predicted octanol–water partition coefficient (Wildman–Crippen LogP) is 3.90. The number of phenols is 1. The molecule has 4 heteroatoms. The van der Waals surface area contributed by atoms with E-state index < -0.39 is 0 Å². The van der Waals surface area contributed by atoms with Crippen molar-refractivity contribution in [1.82, 2.24) is 9.55 Å². The third kappa shape index (κ3) is 2.70. The number of hydrogen-bond donors (Lipinski definition) is 1. The zero-order valence-corrected chi connectivity index (χ0v) is 12.2. The molecule has 1 aromatic carbocycles. The Kier molecular flexibility index (Phi) is 3.52. The van der Waals surface area contributed by atoms with Gasteiger partial charge in [0.15, 0.2) is 0 Å². The van der Waals surface area contributed by atoms with E-state index in [1.54, 1.807) is 24.5 Å². The van der Waals surface area contributed by atoms with Crippen LogP contribution in [0.4, 0.5) is 0 Å². The number of hydrogen-bond acceptors (Lipinski definition) is 3. The summed E-state index contributed by atoms with van der Waals surface area (Å²) >= 11 is 0. The number of aromatic nitrogens is 2. The molecule has 0 bridgehead atoms. The second-order valence-corrected chi connectivity index (χ2v) is 5.33. The summed E-state index contributed by atoms with van der Waals surface area (Å²) in [6.45, 7) is 4.72. The van der Waals surface area contributed by atoms with E-state index in [0.717, 1.165) is 22.2 Å². The second kappa shape index (κ2) is 5.48. The molecule has 0 radical (unpaired) electrons. The van der Waals surface area contributed by atoms with Crippen molar-refractivity contribution in [1.29, 1.82) is 0 Å². The Morgan fingerprint density at radius 3 is 2.86 bits per heavy atom. The van der Waals surface area contributed by atoms with Crippen LogP contribution in [0.15, 0.2) is 48.9 Å². The van der Waals surface area contributed by atoms with Crippen LogP contribution >= 0.6 is 0 Å². The summed E-state index contributed by atoms with van der Waals surface area (Å²) in [5, 5.41) is 10.7. The molecule has 2 aromatic heterocycles. The third-order valence-corrected chi connectivity index (χ3v) is 3.48. The summed E-state index contributed by atoms with van der Waals surface area (Å²) in [6, 6.07) is 9.52. The number of pyridine rings is 1. The Morgan fingerprint density at radius 2 is 2.14 bits per heavy atom. The highest BCUT2D eigenvalue weighted by Crippen LogP contribution is 2.28. The van der Waals surface area contributed by atoms with E-state index in [9.17, 15) is 5.11 Å². The fourth-order valence-corrected chi connectivity index (χ4v) is 2.45. The van der Waals surface area contributed by atoms with Gasteiger partial charge in [-0.05, 0) is 44.2 Å². The molecule has 0 amide bonds. The quantitative estimate of drug-likeness (QED) is 0.789. The molecule has 0 atom stereocenters. The molecule has 0 saturated heterocycles. The molecule has 0 fully saturated rings. The Labute approximate surface area is 123 Å². The third-order valence-electron chi connectivity index (χ3n) is 3.48. The monoisotopic (exact) mass is 282 g/mol. The van der Waals surface area contributed by atoms with Gasteiger partial charge in [0.05, 0.1) is 6.20 Å². The van der Waals surface area contributed by atoms with E-state index in [4.69, 9.17) is 4.74 Å². The molecule has 0 unspecified atom stereocenters. The number of ether oxygens (including phenoxy) is 1. The average molecular weight is 282 g/mol. The molecule has 2 heterocycles. The summed E-state index contributed by atoms with van der Waals surface area (Å²) < 4.78 is 7.97. The van der Waals surface area contributed by atoms with Crippen molar-refractivity contribution in [2.75, 3.05) is 0 Å². The normalized spacial score (nSPS) is 11.2. The van der Waals surface area contributed by atoms with Crippen molar-refractivity contribution in [3.63, 3.8) is 0 Å². The maximum Gasteiger partial charge on any atom is 0.138 e. The van der Waals surface area contributed by atoms with E-state index in [2.05, 4.69) is 29.6 Å². The first-order chi connectivity index (χ1) is 10.1. The first-order valence-electron chi connectivity index (χ1n) is 7.00. The summed E-state index contributed by atoms with van der Waals surface area (Å²) in [5.74, 6) is 1.01. The summed E-state index contributed by atoms with van der Waals surface area (Å²) in [6.07, 6.45) is 5.50. The first kappa shape index (κ1) is 13.5. The number of rotatable bonds is 4. The SMILES string of the molecule is CC(C)n1cc(COc2cccnc2)c2cc(O)ccc21. The number of nitrogens with zero attached hydrogens (tertiary/aromatic N) is 2. The van der Waals surface area contributed by atoms with Gasteiger partial charge in [-0.15, -0.1) is 0 Å². The lowest BCUT2D eigenvalue weighted by molar-refractivity contribution is 0.306. The van der Waals surface area contributed by atoms with E-state index in [-0.39, 0.29) is 5.75 Å². The fourth-order valence-electron chi connectivity index (χ4n) is 2.45. The maximum atomic E-state index is 9.73. The maximum absolute atomic E-state index is 9.73. The van der Waals surface area contributed by atoms with E-state index in [1.807, 2.05) is 18.2 Å². The molecular formula is C17H18N2O2. The second-order valence-electron chi connectivity index (χ2n) is 5.33. The summed E-state index contributed by atoms with van der Waals surface area (Å²) in [5.41, 5.74) is 2.16. The largest absolute Gasteiger partial charge is 0.508 e. The molecule has 0 saturated carbocycles. The smallest absolute Gasteiger partial charge is 0.138 e. The molecule has 3 rings (SSSR count). The van der Waals surface area contributed by atoms with Crippen molar-refractivity contribution in [2.45, 2.75) is 26.5 Å². The Bertz CT molecular complexity index is 748. The fraction of sp³-hybridized carbons (Fsp3) is 0.235. The van der Waals surface area contributed by atoms with Gasteiger partial charge in [0.25, 0.3) is 0 Å². The minimum Gasteiger partial charge on any atom is -0.508 e. The zero-order valence-electron chi connectivity index (χ0n) is 12.2.